The van der Waals surface area contributed by atoms with Crippen molar-refractivity contribution < 1.29 is 9.59 Å². The third-order valence-corrected chi connectivity index (χ3v) is 4.00. The van der Waals surface area contributed by atoms with Crippen LogP contribution in [0.4, 0.5) is 5.69 Å². The number of aromatic nitrogens is 2. The molecule has 1 aromatic heterocycles. The van der Waals surface area contributed by atoms with Gasteiger partial charge in [0.1, 0.15) is 6.04 Å². The van der Waals surface area contributed by atoms with Gasteiger partial charge < -0.3 is 10.2 Å². The van der Waals surface area contributed by atoms with Gasteiger partial charge >= 0.3 is 0 Å². The molecule has 0 bridgehead atoms. The van der Waals surface area contributed by atoms with E-state index in [-0.39, 0.29) is 17.5 Å². The molecule has 0 unspecified atom stereocenters. The van der Waals surface area contributed by atoms with Crippen LogP contribution >= 0.6 is 23.1 Å². The minimum absolute atomic E-state index is 0.131. The van der Waals surface area contributed by atoms with Crippen molar-refractivity contribution in [3.8, 4) is 0 Å². The van der Waals surface area contributed by atoms with Gasteiger partial charge in [0.25, 0.3) is 5.91 Å². The van der Waals surface area contributed by atoms with Gasteiger partial charge in [0.15, 0.2) is 5.69 Å². The standard InChI is InChI=1S/C13H11ClN4O2S/c14-8-1-3-9(4-2-8)18-6-5-10(13(18)20)15-12(19)11-7-21-17-16-11/h1-4,7,10H,5-6H2,(H,15,19)/t10-/m0/s1. The van der Waals surface area contributed by atoms with E-state index in [4.69, 9.17) is 11.6 Å². The third kappa shape index (κ3) is 2.88. The zero-order valence-electron chi connectivity index (χ0n) is 10.8. The number of nitrogens with zero attached hydrogens (tertiary/aromatic N) is 3. The lowest BCUT2D eigenvalue weighted by Crippen LogP contribution is -2.41. The topological polar surface area (TPSA) is 75.2 Å². The highest BCUT2D eigenvalue weighted by molar-refractivity contribution is 7.03. The first-order valence-corrected chi connectivity index (χ1v) is 7.51. The average Bonchev–Trinajstić information content (AvgIpc) is 3.11. The van der Waals surface area contributed by atoms with Gasteiger partial charge in [0.05, 0.1) is 0 Å². The van der Waals surface area contributed by atoms with Crippen molar-refractivity contribution in [1.29, 1.82) is 0 Å². The summed E-state index contributed by atoms with van der Waals surface area (Å²) in [7, 11) is 0. The van der Waals surface area contributed by atoms with Gasteiger partial charge in [-0.3, -0.25) is 9.59 Å². The first-order valence-electron chi connectivity index (χ1n) is 6.30. The van der Waals surface area contributed by atoms with E-state index in [0.717, 1.165) is 17.2 Å². The third-order valence-electron chi connectivity index (χ3n) is 3.24. The molecular weight excluding hydrogens is 312 g/mol. The molecule has 21 heavy (non-hydrogen) atoms. The molecule has 1 N–H and O–H groups in total. The number of amides is 2. The zero-order valence-corrected chi connectivity index (χ0v) is 12.4. The Kier molecular flexibility index (Phi) is 3.85. The predicted molar refractivity (Wildman–Crippen MR) is 79.6 cm³/mol. The molecule has 2 amide bonds. The van der Waals surface area contributed by atoms with Gasteiger partial charge in [-0.05, 0) is 42.2 Å². The molecule has 2 heterocycles. The van der Waals surface area contributed by atoms with Crippen LogP contribution in [0.5, 0.6) is 0 Å². The van der Waals surface area contributed by atoms with Crippen LogP contribution in [0.15, 0.2) is 29.6 Å². The second-order valence-electron chi connectivity index (χ2n) is 4.57. The quantitative estimate of drug-likeness (QED) is 0.933. The maximum atomic E-state index is 12.3. The molecule has 1 atom stereocenters. The Morgan fingerprint density at radius 1 is 1.38 bits per heavy atom. The maximum Gasteiger partial charge on any atom is 0.273 e. The number of halogens is 1. The van der Waals surface area contributed by atoms with Gasteiger partial charge in [-0.1, -0.05) is 16.1 Å². The summed E-state index contributed by atoms with van der Waals surface area (Å²) in [5.41, 5.74) is 1.01. The van der Waals surface area contributed by atoms with E-state index in [0.29, 0.717) is 18.0 Å². The van der Waals surface area contributed by atoms with Crippen molar-refractivity contribution in [3.05, 3.63) is 40.4 Å². The van der Waals surface area contributed by atoms with Gasteiger partial charge in [-0.25, -0.2) is 0 Å². The second kappa shape index (κ2) is 5.79. The highest BCUT2D eigenvalue weighted by Gasteiger charge is 2.34. The Hall–Kier alpha value is -1.99. The monoisotopic (exact) mass is 322 g/mol. The summed E-state index contributed by atoms with van der Waals surface area (Å²) in [6, 6.07) is 6.51. The molecule has 0 spiro atoms. The summed E-state index contributed by atoms with van der Waals surface area (Å²) in [6.07, 6.45) is 0.560. The summed E-state index contributed by atoms with van der Waals surface area (Å²) in [5.74, 6) is -0.506. The van der Waals surface area contributed by atoms with Gasteiger partial charge in [0, 0.05) is 22.6 Å². The second-order valence-corrected chi connectivity index (χ2v) is 5.62. The summed E-state index contributed by atoms with van der Waals surface area (Å²) in [4.78, 5) is 25.9. The van der Waals surface area contributed by atoms with Crippen LogP contribution in [0.1, 0.15) is 16.9 Å². The summed E-state index contributed by atoms with van der Waals surface area (Å²) < 4.78 is 3.63. The minimum Gasteiger partial charge on any atom is -0.339 e. The van der Waals surface area contributed by atoms with Crippen molar-refractivity contribution in [1.82, 2.24) is 14.9 Å². The number of carbonyl (C=O) groups is 2. The van der Waals surface area contributed by atoms with Crippen LogP contribution in [0.2, 0.25) is 5.02 Å². The highest BCUT2D eigenvalue weighted by atomic mass is 35.5. The number of hydrogen-bond donors (Lipinski definition) is 1. The predicted octanol–water partition coefficient (Wildman–Crippen LogP) is 1.73. The molecule has 1 aliphatic heterocycles. The lowest BCUT2D eigenvalue weighted by Gasteiger charge is -2.17. The van der Waals surface area contributed by atoms with Crippen LogP contribution in [0.25, 0.3) is 0 Å². The molecule has 2 aromatic rings. The maximum absolute atomic E-state index is 12.3. The molecule has 3 rings (SSSR count). The molecular formula is C13H11ClN4O2S. The van der Waals surface area contributed by atoms with Crippen LogP contribution in [-0.4, -0.2) is 34.0 Å². The van der Waals surface area contributed by atoms with E-state index in [1.165, 1.54) is 0 Å². The first-order chi connectivity index (χ1) is 10.1. The van der Waals surface area contributed by atoms with Gasteiger partial charge in [0.2, 0.25) is 5.91 Å². The molecule has 0 aliphatic carbocycles. The SMILES string of the molecule is O=C(N[C@H]1CCN(c2ccc(Cl)cc2)C1=O)c1csnn1. The van der Waals surface area contributed by atoms with Crippen molar-refractivity contribution >= 4 is 40.6 Å². The molecule has 6 nitrogen and oxygen atoms in total. The molecule has 1 aliphatic rings. The molecule has 0 radical (unpaired) electrons. The van der Waals surface area contributed by atoms with Crippen LogP contribution in [0, 0.1) is 0 Å². The Labute approximate surface area is 129 Å². The summed E-state index contributed by atoms with van der Waals surface area (Å²) >= 11 is 6.93. The number of hydrogen-bond acceptors (Lipinski definition) is 5. The van der Waals surface area contributed by atoms with E-state index in [9.17, 15) is 9.59 Å². The molecule has 8 heteroatoms. The number of nitrogens with one attached hydrogen (secondary N) is 1. The van der Waals surface area contributed by atoms with Crippen molar-refractivity contribution in [3.63, 3.8) is 0 Å². The molecule has 1 aromatic carbocycles. The van der Waals surface area contributed by atoms with Crippen molar-refractivity contribution in [2.45, 2.75) is 12.5 Å². The summed E-state index contributed by atoms with van der Waals surface area (Å²) in [5, 5.41) is 8.54. The van der Waals surface area contributed by atoms with Gasteiger partial charge in [-0.2, -0.15) is 0 Å². The lowest BCUT2D eigenvalue weighted by atomic mass is 10.2. The number of rotatable bonds is 3. The van der Waals surface area contributed by atoms with Crippen molar-refractivity contribution in [2.75, 3.05) is 11.4 Å². The fourth-order valence-corrected chi connectivity index (χ4v) is 2.75. The van der Waals surface area contributed by atoms with Crippen LogP contribution in [0.3, 0.4) is 0 Å². The van der Waals surface area contributed by atoms with Crippen LogP contribution in [-0.2, 0) is 4.79 Å². The Balaban J connectivity index is 1.69. The van der Waals surface area contributed by atoms with E-state index < -0.39 is 6.04 Å². The number of carbonyl (C=O) groups excluding carboxylic acids is 2. The first kappa shape index (κ1) is 14.0. The smallest absolute Gasteiger partial charge is 0.273 e. The number of benzene rings is 1. The molecule has 1 fully saturated rings. The minimum atomic E-state index is -0.533. The van der Waals surface area contributed by atoms with E-state index in [1.807, 2.05) is 0 Å². The number of anilines is 1. The molecule has 108 valence electrons. The molecule has 0 saturated carbocycles. The van der Waals surface area contributed by atoms with E-state index in [2.05, 4.69) is 14.9 Å². The van der Waals surface area contributed by atoms with Crippen LogP contribution < -0.4 is 10.2 Å². The van der Waals surface area contributed by atoms with Gasteiger partial charge in [-0.15, -0.1) is 5.10 Å². The fourth-order valence-electron chi connectivity index (χ4n) is 2.19. The van der Waals surface area contributed by atoms with E-state index >= 15 is 0 Å². The largest absolute Gasteiger partial charge is 0.339 e. The Morgan fingerprint density at radius 2 is 2.14 bits per heavy atom. The lowest BCUT2D eigenvalue weighted by molar-refractivity contribution is -0.118. The van der Waals surface area contributed by atoms with E-state index in [1.54, 1.807) is 34.5 Å². The Bertz CT molecular complexity index is 659. The average molecular weight is 323 g/mol. The normalized spacial score (nSPS) is 18.0. The highest BCUT2D eigenvalue weighted by Crippen LogP contribution is 2.23. The zero-order chi connectivity index (χ0) is 14.8. The fraction of sp³-hybridized carbons (Fsp3) is 0.231. The Morgan fingerprint density at radius 3 is 2.81 bits per heavy atom. The molecule has 1 saturated heterocycles. The van der Waals surface area contributed by atoms with Crippen molar-refractivity contribution in [2.24, 2.45) is 0 Å². The summed E-state index contributed by atoms with van der Waals surface area (Å²) in [6.45, 7) is 0.556.